The number of carboxylic acid groups (broad SMARTS) is 2. The molecule has 1 aromatic heterocycles. The predicted octanol–water partition coefficient (Wildman–Crippen LogP) is 5.38. The van der Waals surface area contributed by atoms with Gasteiger partial charge < -0.3 is 20.1 Å². The zero-order valence-corrected chi connectivity index (χ0v) is 20.8. The molecule has 35 heavy (non-hydrogen) atoms. The van der Waals surface area contributed by atoms with Crippen LogP contribution >= 0.6 is 15.9 Å². The third-order valence-electron chi connectivity index (χ3n) is 8.16. The zero-order chi connectivity index (χ0) is 24.6. The molecule has 4 bridgehead atoms. The van der Waals surface area contributed by atoms with Crippen LogP contribution in [0, 0.1) is 18.3 Å². The Hall–Kier alpha value is -3.13. The molecule has 2 fully saturated rings. The van der Waals surface area contributed by atoms with Crippen molar-refractivity contribution >= 4 is 44.7 Å². The molecular weight excluding hydrogens is 512 g/mol. The Labute approximate surface area is 210 Å². The van der Waals surface area contributed by atoms with Gasteiger partial charge >= 0.3 is 11.9 Å². The highest BCUT2D eigenvalue weighted by Gasteiger charge is 2.49. The number of carbonyl (C=O) groups is 3. The van der Waals surface area contributed by atoms with Gasteiger partial charge in [0.1, 0.15) is 0 Å². The van der Waals surface area contributed by atoms with Crippen LogP contribution in [0.15, 0.2) is 34.8 Å². The number of amides is 1. The second-order valence-electron chi connectivity index (χ2n) is 10.1. The quantitative estimate of drug-likeness (QED) is 0.306. The lowest BCUT2D eigenvalue weighted by Gasteiger charge is -2.24. The van der Waals surface area contributed by atoms with Crippen LogP contribution in [0.4, 0.5) is 0 Å². The van der Waals surface area contributed by atoms with Crippen LogP contribution in [0.3, 0.4) is 0 Å². The summed E-state index contributed by atoms with van der Waals surface area (Å²) in [6.07, 6.45) is 3.54. The molecular formula is C27H25BrN2O5. The van der Waals surface area contributed by atoms with Crippen LogP contribution < -0.4 is 5.32 Å². The molecule has 8 heteroatoms. The summed E-state index contributed by atoms with van der Waals surface area (Å²) in [5.74, 6) is -2.24. The summed E-state index contributed by atoms with van der Waals surface area (Å²) in [4.78, 5) is 37.4. The van der Waals surface area contributed by atoms with Crippen LogP contribution in [-0.2, 0) is 9.59 Å². The molecule has 7 nitrogen and oxygen atoms in total. The Morgan fingerprint density at radius 3 is 2.51 bits per heavy atom. The number of halogens is 1. The normalized spacial score (nSPS) is 21.2. The number of aryl methyl sites for hydroxylation is 1. The van der Waals surface area contributed by atoms with Gasteiger partial charge in [-0.15, -0.1) is 0 Å². The van der Waals surface area contributed by atoms with Crippen LogP contribution in [0.2, 0.25) is 0 Å². The van der Waals surface area contributed by atoms with E-state index in [2.05, 4.69) is 25.8 Å². The van der Waals surface area contributed by atoms with E-state index in [0.29, 0.717) is 30.4 Å². The number of hydrogen-bond donors (Lipinski definition) is 3. The number of aliphatic carboxylic acids is 1. The number of benzene rings is 2. The van der Waals surface area contributed by atoms with Gasteiger partial charge in [-0.2, -0.15) is 0 Å². The van der Waals surface area contributed by atoms with Gasteiger partial charge in [-0.3, -0.25) is 9.59 Å². The minimum atomic E-state index is -0.978. The number of aromatic nitrogens is 1. The van der Waals surface area contributed by atoms with Gasteiger partial charge in [-0.05, 0) is 64.9 Å². The number of carbonyl (C=O) groups excluding carboxylic acids is 1. The van der Waals surface area contributed by atoms with E-state index in [0.717, 1.165) is 45.0 Å². The molecule has 180 valence electrons. The average molecular weight is 537 g/mol. The SMILES string of the molecule is Cc1ccc2c3c(Br)c(n2C2CC2C(=O)NCC2(C(=O)O)CCCC2)-c2cccc(c2C(=O)O)-c13. The number of nitrogens with one attached hydrogen (secondary N) is 1. The summed E-state index contributed by atoms with van der Waals surface area (Å²) < 4.78 is 2.96. The number of hydrogen-bond acceptors (Lipinski definition) is 3. The van der Waals surface area contributed by atoms with Crippen molar-refractivity contribution in [1.29, 1.82) is 0 Å². The minimum Gasteiger partial charge on any atom is -0.481 e. The van der Waals surface area contributed by atoms with Gasteiger partial charge in [0.05, 0.1) is 32.6 Å². The molecule has 3 aliphatic rings. The maximum atomic E-state index is 13.1. The summed E-state index contributed by atoms with van der Waals surface area (Å²) in [7, 11) is 0. The van der Waals surface area contributed by atoms with Gasteiger partial charge in [0, 0.05) is 23.5 Å². The Balaban J connectivity index is 1.40. The summed E-state index contributed by atoms with van der Waals surface area (Å²) in [6, 6.07) is 9.49. The standard InChI is InChI=1S/C27H25BrN2O5/c1-13-7-8-17-21-19(13)14-5-4-6-15(20(14)25(32)33)23(22(21)28)30(17)18-11-16(18)24(31)29-12-27(26(34)35)9-2-3-10-27/h4-8,16,18H,2-3,9-12H2,1H3,(H,29,31)(H,32,33)(H,34,35). The van der Waals surface area contributed by atoms with Crippen LogP contribution in [0.1, 0.15) is 54.1 Å². The van der Waals surface area contributed by atoms with E-state index < -0.39 is 17.4 Å². The maximum Gasteiger partial charge on any atom is 0.337 e. The molecule has 0 aliphatic heterocycles. The van der Waals surface area contributed by atoms with Crippen molar-refractivity contribution in [3.05, 3.63) is 45.9 Å². The fraction of sp³-hybridized carbons (Fsp3) is 0.370. The smallest absolute Gasteiger partial charge is 0.337 e. The fourth-order valence-corrected chi connectivity index (χ4v) is 7.05. The van der Waals surface area contributed by atoms with Gasteiger partial charge in [-0.25, -0.2) is 4.79 Å². The molecule has 1 heterocycles. The number of fused-ring (bicyclic) bond motifs is 5. The molecule has 3 aromatic rings. The van der Waals surface area contributed by atoms with E-state index in [1.54, 1.807) is 0 Å². The topological polar surface area (TPSA) is 109 Å². The molecule has 3 aliphatic carbocycles. The van der Waals surface area contributed by atoms with E-state index in [1.165, 1.54) is 0 Å². The monoisotopic (exact) mass is 536 g/mol. The maximum absolute atomic E-state index is 13.1. The van der Waals surface area contributed by atoms with E-state index in [4.69, 9.17) is 0 Å². The number of carboxylic acids is 2. The second-order valence-corrected chi connectivity index (χ2v) is 10.9. The van der Waals surface area contributed by atoms with Gasteiger partial charge in [0.15, 0.2) is 0 Å². The van der Waals surface area contributed by atoms with Gasteiger partial charge in [0.25, 0.3) is 0 Å². The molecule has 2 saturated carbocycles. The van der Waals surface area contributed by atoms with Crippen molar-refractivity contribution in [3.8, 4) is 22.4 Å². The zero-order valence-electron chi connectivity index (χ0n) is 19.2. The fourth-order valence-electron chi connectivity index (χ4n) is 6.25. The first-order chi connectivity index (χ1) is 16.7. The van der Waals surface area contributed by atoms with Crippen molar-refractivity contribution in [2.24, 2.45) is 11.3 Å². The van der Waals surface area contributed by atoms with Gasteiger partial charge in [0.2, 0.25) is 5.91 Å². The van der Waals surface area contributed by atoms with Crippen molar-refractivity contribution in [2.45, 2.75) is 45.1 Å². The molecule has 2 aromatic carbocycles. The first-order valence-corrected chi connectivity index (χ1v) is 12.8. The van der Waals surface area contributed by atoms with Crippen LogP contribution in [0.5, 0.6) is 0 Å². The molecule has 0 radical (unpaired) electrons. The Bertz CT molecular complexity index is 1450. The number of nitrogens with zero attached hydrogens (tertiary/aromatic N) is 1. The van der Waals surface area contributed by atoms with Crippen LogP contribution in [-0.4, -0.2) is 39.2 Å². The second kappa shape index (κ2) is 7.68. The first-order valence-electron chi connectivity index (χ1n) is 12.0. The molecule has 2 unspecified atom stereocenters. The summed E-state index contributed by atoms with van der Waals surface area (Å²) in [5.41, 5.74) is 4.38. The Morgan fingerprint density at radius 2 is 1.83 bits per heavy atom. The molecule has 2 atom stereocenters. The molecule has 0 spiro atoms. The van der Waals surface area contributed by atoms with Crippen molar-refractivity contribution in [2.75, 3.05) is 6.54 Å². The van der Waals surface area contributed by atoms with E-state index in [9.17, 15) is 24.6 Å². The Kier molecular flexibility index (Phi) is 4.90. The molecule has 1 amide bonds. The van der Waals surface area contributed by atoms with Crippen LogP contribution in [0.25, 0.3) is 33.3 Å². The molecule has 0 saturated heterocycles. The highest BCUT2D eigenvalue weighted by Crippen LogP contribution is 2.55. The van der Waals surface area contributed by atoms with Crippen molar-refractivity contribution in [1.82, 2.24) is 9.88 Å². The largest absolute Gasteiger partial charge is 0.481 e. The lowest BCUT2D eigenvalue weighted by atomic mass is 9.86. The van der Waals surface area contributed by atoms with Crippen molar-refractivity contribution in [3.63, 3.8) is 0 Å². The number of rotatable bonds is 6. The minimum absolute atomic E-state index is 0.123. The Morgan fingerprint density at radius 1 is 1.11 bits per heavy atom. The highest BCUT2D eigenvalue weighted by atomic mass is 79.9. The summed E-state index contributed by atoms with van der Waals surface area (Å²) >= 11 is 3.78. The van der Waals surface area contributed by atoms with E-state index in [-0.39, 0.29) is 30.0 Å². The summed E-state index contributed by atoms with van der Waals surface area (Å²) in [6.45, 7) is 2.14. The highest BCUT2D eigenvalue weighted by molar-refractivity contribution is 9.10. The van der Waals surface area contributed by atoms with Crippen molar-refractivity contribution < 1.29 is 24.6 Å². The van der Waals surface area contributed by atoms with E-state index >= 15 is 0 Å². The lowest BCUT2D eigenvalue weighted by molar-refractivity contribution is -0.148. The first kappa shape index (κ1) is 22.3. The summed E-state index contributed by atoms with van der Waals surface area (Å²) in [5, 5.41) is 23.8. The van der Waals surface area contributed by atoms with E-state index in [1.807, 2.05) is 37.3 Å². The van der Waals surface area contributed by atoms with Gasteiger partial charge in [-0.1, -0.05) is 37.1 Å². The lowest BCUT2D eigenvalue weighted by Crippen LogP contribution is -2.42. The third kappa shape index (κ3) is 3.12. The predicted molar refractivity (Wildman–Crippen MR) is 134 cm³/mol. The average Bonchev–Trinajstić information content (AvgIpc) is 3.37. The molecule has 6 rings (SSSR count). The number of aromatic carboxylic acids is 1. The third-order valence-corrected chi connectivity index (χ3v) is 8.93. The molecule has 3 N–H and O–H groups in total.